The molecule has 0 unspecified atom stereocenters. The van der Waals surface area contributed by atoms with E-state index in [1.165, 1.54) is 0 Å². The highest BCUT2D eigenvalue weighted by atomic mass is 32.1. The first-order valence-corrected chi connectivity index (χ1v) is 7.20. The van der Waals surface area contributed by atoms with Crippen LogP contribution in [0.4, 0.5) is 5.69 Å². The first-order valence-electron chi connectivity index (χ1n) is 6.80. The van der Waals surface area contributed by atoms with Gasteiger partial charge in [-0.15, -0.1) is 0 Å². The fourth-order valence-electron chi connectivity index (χ4n) is 2.03. The van der Waals surface area contributed by atoms with Crippen LogP contribution in [0.2, 0.25) is 0 Å². The molecule has 0 aliphatic rings. The van der Waals surface area contributed by atoms with E-state index >= 15 is 0 Å². The van der Waals surface area contributed by atoms with E-state index in [1.54, 1.807) is 4.90 Å². The van der Waals surface area contributed by atoms with E-state index < -0.39 is 0 Å². The van der Waals surface area contributed by atoms with Crippen LogP contribution in [-0.2, 0) is 0 Å². The number of amides is 1. The van der Waals surface area contributed by atoms with E-state index in [0.717, 1.165) is 11.3 Å². The molecule has 0 heterocycles. The van der Waals surface area contributed by atoms with Crippen LogP contribution in [0.3, 0.4) is 0 Å². The second kappa shape index (κ2) is 6.99. The number of hydrogen-bond donors (Lipinski definition) is 1. The molecule has 0 bridgehead atoms. The summed E-state index contributed by atoms with van der Waals surface area (Å²) in [6.07, 6.45) is 0.502. The van der Waals surface area contributed by atoms with Crippen LogP contribution in [0.5, 0.6) is 0 Å². The summed E-state index contributed by atoms with van der Waals surface area (Å²) in [6.45, 7) is 2.47. The summed E-state index contributed by atoms with van der Waals surface area (Å²) in [7, 11) is 0. The fraction of sp³-hybridized carbons (Fsp3) is 0.176. The third-order valence-electron chi connectivity index (χ3n) is 3.19. The standard InChI is InChI=1S/C17H18N2OS/c1-13-7-9-14(10-8-13)17(20)19(12-11-16(18)21)15-5-3-2-4-6-15/h2-10H,11-12H2,1H3,(H2,18,21). The van der Waals surface area contributed by atoms with Gasteiger partial charge in [0.25, 0.3) is 5.91 Å². The van der Waals surface area contributed by atoms with Crippen LogP contribution in [0.15, 0.2) is 54.6 Å². The van der Waals surface area contributed by atoms with Crippen molar-refractivity contribution >= 4 is 28.8 Å². The third-order valence-corrected chi connectivity index (χ3v) is 3.40. The lowest BCUT2D eigenvalue weighted by molar-refractivity contribution is 0.0987. The molecule has 2 N–H and O–H groups in total. The first kappa shape index (κ1) is 15.2. The highest BCUT2D eigenvalue weighted by Crippen LogP contribution is 2.17. The van der Waals surface area contributed by atoms with Crippen molar-refractivity contribution in [1.29, 1.82) is 0 Å². The Hall–Kier alpha value is -2.20. The average Bonchev–Trinajstić information content (AvgIpc) is 2.49. The zero-order chi connectivity index (χ0) is 15.2. The molecule has 3 nitrogen and oxygen atoms in total. The lowest BCUT2D eigenvalue weighted by Crippen LogP contribution is -2.33. The van der Waals surface area contributed by atoms with Gasteiger partial charge in [0.1, 0.15) is 0 Å². The van der Waals surface area contributed by atoms with E-state index in [-0.39, 0.29) is 5.91 Å². The van der Waals surface area contributed by atoms with Gasteiger partial charge in [-0.2, -0.15) is 0 Å². The number of nitrogens with two attached hydrogens (primary N) is 1. The number of aryl methyl sites for hydroxylation is 1. The third kappa shape index (κ3) is 4.13. The smallest absolute Gasteiger partial charge is 0.258 e. The quantitative estimate of drug-likeness (QED) is 0.861. The van der Waals surface area contributed by atoms with Crippen LogP contribution in [0.25, 0.3) is 0 Å². The van der Waals surface area contributed by atoms with Crippen molar-refractivity contribution in [1.82, 2.24) is 0 Å². The number of anilines is 1. The number of carbonyl (C=O) groups excluding carboxylic acids is 1. The van der Waals surface area contributed by atoms with E-state index in [9.17, 15) is 4.79 Å². The Balaban J connectivity index is 2.28. The zero-order valence-electron chi connectivity index (χ0n) is 12.0. The number of hydrogen-bond acceptors (Lipinski definition) is 2. The van der Waals surface area contributed by atoms with E-state index in [2.05, 4.69) is 0 Å². The Bertz CT molecular complexity index is 623. The lowest BCUT2D eigenvalue weighted by Gasteiger charge is -2.23. The molecule has 0 radical (unpaired) electrons. The van der Waals surface area contributed by atoms with E-state index in [0.29, 0.717) is 23.5 Å². The van der Waals surface area contributed by atoms with Gasteiger partial charge >= 0.3 is 0 Å². The minimum absolute atomic E-state index is 0.0440. The molecule has 2 aromatic carbocycles. The molecule has 0 aliphatic carbocycles. The van der Waals surface area contributed by atoms with Gasteiger partial charge in [-0.3, -0.25) is 4.79 Å². The summed E-state index contributed by atoms with van der Waals surface area (Å²) in [4.78, 5) is 14.8. The Morgan fingerprint density at radius 3 is 2.29 bits per heavy atom. The maximum atomic E-state index is 12.7. The number of nitrogens with zero attached hydrogens (tertiary/aromatic N) is 1. The molecule has 1 amide bonds. The van der Waals surface area contributed by atoms with Gasteiger partial charge in [0.05, 0.1) is 4.99 Å². The second-order valence-electron chi connectivity index (χ2n) is 4.87. The van der Waals surface area contributed by atoms with Crippen LogP contribution >= 0.6 is 12.2 Å². The van der Waals surface area contributed by atoms with Crippen molar-refractivity contribution in [2.75, 3.05) is 11.4 Å². The summed E-state index contributed by atoms with van der Waals surface area (Å²) in [5, 5.41) is 0. The van der Waals surface area contributed by atoms with E-state index in [1.807, 2.05) is 61.5 Å². The molecular weight excluding hydrogens is 280 g/mol. The Morgan fingerprint density at radius 1 is 1.10 bits per heavy atom. The summed E-state index contributed by atoms with van der Waals surface area (Å²) in [6, 6.07) is 17.1. The predicted octanol–water partition coefficient (Wildman–Crippen LogP) is 3.32. The molecule has 0 aliphatic heterocycles. The van der Waals surface area contributed by atoms with Crippen LogP contribution < -0.4 is 10.6 Å². The average molecular weight is 298 g/mol. The lowest BCUT2D eigenvalue weighted by atomic mass is 10.1. The predicted molar refractivity (Wildman–Crippen MR) is 90.7 cm³/mol. The van der Waals surface area contributed by atoms with Gasteiger partial charge < -0.3 is 10.6 Å². The summed E-state index contributed by atoms with van der Waals surface area (Å²) in [5.41, 5.74) is 8.20. The highest BCUT2D eigenvalue weighted by molar-refractivity contribution is 7.80. The van der Waals surface area contributed by atoms with E-state index in [4.69, 9.17) is 18.0 Å². The number of thiocarbonyl (C=S) groups is 1. The largest absolute Gasteiger partial charge is 0.393 e. The summed E-state index contributed by atoms with van der Waals surface area (Å²) < 4.78 is 0. The first-order chi connectivity index (χ1) is 10.1. The van der Waals surface area contributed by atoms with Crippen LogP contribution in [-0.4, -0.2) is 17.4 Å². The summed E-state index contributed by atoms with van der Waals surface area (Å²) >= 11 is 4.92. The minimum Gasteiger partial charge on any atom is -0.393 e. The zero-order valence-corrected chi connectivity index (χ0v) is 12.8. The van der Waals surface area contributed by atoms with Gasteiger partial charge in [-0.25, -0.2) is 0 Å². The second-order valence-corrected chi connectivity index (χ2v) is 5.40. The van der Waals surface area contributed by atoms with Crippen molar-refractivity contribution in [2.24, 2.45) is 5.73 Å². The van der Waals surface area contributed by atoms with Gasteiger partial charge in [-0.05, 0) is 31.2 Å². The molecule has 2 rings (SSSR count). The highest BCUT2D eigenvalue weighted by Gasteiger charge is 2.17. The minimum atomic E-state index is -0.0440. The van der Waals surface area contributed by atoms with Gasteiger partial charge in [0.15, 0.2) is 0 Å². The monoisotopic (exact) mass is 298 g/mol. The van der Waals surface area contributed by atoms with Crippen LogP contribution in [0, 0.1) is 6.92 Å². The number of para-hydroxylation sites is 1. The number of benzene rings is 2. The SMILES string of the molecule is Cc1ccc(C(=O)N(CCC(N)=S)c2ccccc2)cc1. The van der Waals surface area contributed by atoms with Gasteiger partial charge in [-0.1, -0.05) is 48.1 Å². The molecule has 0 aromatic heterocycles. The molecule has 0 fully saturated rings. The molecule has 21 heavy (non-hydrogen) atoms. The molecule has 0 spiro atoms. The van der Waals surface area contributed by atoms with Crippen molar-refractivity contribution < 1.29 is 4.79 Å². The van der Waals surface area contributed by atoms with Gasteiger partial charge in [0, 0.05) is 24.2 Å². The molecule has 4 heteroatoms. The normalized spacial score (nSPS) is 10.1. The van der Waals surface area contributed by atoms with Crippen molar-refractivity contribution in [3.8, 4) is 0 Å². The topological polar surface area (TPSA) is 46.3 Å². The van der Waals surface area contributed by atoms with Crippen molar-refractivity contribution in [2.45, 2.75) is 13.3 Å². The Labute approximate surface area is 130 Å². The van der Waals surface area contributed by atoms with Crippen LogP contribution in [0.1, 0.15) is 22.3 Å². The molecule has 0 saturated carbocycles. The molecule has 108 valence electrons. The summed E-state index contributed by atoms with van der Waals surface area (Å²) in [5.74, 6) is -0.0440. The maximum absolute atomic E-state index is 12.7. The van der Waals surface area contributed by atoms with Crippen molar-refractivity contribution in [3.05, 3.63) is 65.7 Å². The number of carbonyl (C=O) groups is 1. The molecule has 2 aromatic rings. The van der Waals surface area contributed by atoms with Crippen molar-refractivity contribution in [3.63, 3.8) is 0 Å². The Kier molecular flexibility index (Phi) is 5.06. The maximum Gasteiger partial charge on any atom is 0.258 e. The number of rotatable bonds is 5. The molecular formula is C17H18N2OS. The molecule has 0 atom stereocenters. The van der Waals surface area contributed by atoms with Gasteiger partial charge in [0.2, 0.25) is 0 Å². The Morgan fingerprint density at radius 2 is 1.71 bits per heavy atom. The fourth-order valence-corrected chi connectivity index (χ4v) is 2.12. The molecule has 0 saturated heterocycles.